The molecule has 3 aromatic rings. The summed E-state index contributed by atoms with van der Waals surface area (Å²) in [5.74, 6) is -2.94. The molecule has 0 fully saturated rings. The topological polar surface area (TPSA) is 102 Å². The van der Waals surface area contributed by atoms with E-state index in [1.54, 1.807) is 20.8 Å². The second-order valence-corrected chi connectivity index (χ2v) is 10.4. The van der Waals surface area contributed by atoms with Crippen molar-refractivity contribution >= 4 is 18.0 Å². The van der Waals surface area contributed by atoms with Gasteiger partial charge in [0.15, 0.2) is 0 Å². The number of hydrogen-bond acceptors (Lipinski definition) is 5. The van der Waals surface area contributed by atoms with Crippen LogP contribution in [-0.2, 0) is 26.9 Å². The van der Waals surface area contributed by atoms with Gasteiger partial charge in [-0.1, -0.05) is 54.6 Å². The monoisotopic (exact) mass is 555 g/mol. The molecule has 3 aromatic carbocycles. The maximum absolute atomic E-state index is 13.9. The third-order valence-electron chi connectivity index (χ3n) is 6.44. The zero-order chi connectivity index (χ0) is 29.2. The summed E-state index contributed by atoms with van der Waals surface area (Å²) in [5.41, 5.74) is 0.619. The van der Waals surface area contributed by atoms with Crippen molar-refractivity contribution in [2.75, 3.05) is 6.61 Å². The van der Waals surface area contributed by atoms with Crippen LogP contribution in [0.15, 0.2) is 66.7 Å². The van der Waals surface area contributed by atoms with Crippen LogP contribution in [0.25, 0.3) is 11.1 Å². The first-order chi connectivity index (χ1) is 18.8. The van der Waals surface area contributed by atoms with E-state index in [2.05, 4.69) is 5.32 Å². The lowest BCUT2D eigenvalue weighted by Gasteiger charge is -2.23. The number of fused-ring (bicyclic) bond motifs is 3. The summed E-state index contributed by atoms with van der Waals surface area (Å²) in [4.78, 5) is 37.5. The number of carboxylic acid groups (broad SMARTS) is 1. The Morgan fingerprint density at radius 2 is 1.48 bits per heavy atom. The van der Waals surface area contributed by atoms with E-state index >= 15 is 0 Å². The Morgan fingerprint density at radius 1 is 0.900 bits per heavy atom. The number of aliphatic carboxylic acids is 1. The van der Waals surface area contributed by atoms with Gasteiger partial charge in [-0.3, -0.25) is 0 Å². The van der Waals surface area contributed by atoms with Gasteiger partial charge in [-0.05, 0) is 60.7 Å². The molecule has 0 radical (unpaired) electrons. The van der Waals surface area contributed by atoms with E-state index in [1.165, 1.54) is 0 Å². The van der Waals surface area contributed by atoms with E-state index in [0.29, 0.717) is 0 Å². The standard InChI is InChI=1S/C30H28F3NO6/c1-29(2,3)40-27(37)21-13-8-14-24(30(31,32)33)22(21)15-25(26(35)36)34-28(38)39-16-23-19-11-6-4-9-17(19)18-10-5-7-12-20(18)23/h4-14,23,25H,15-16H2,1-3H3,(H,34,38)(H,35,36)/t25-/m0/s1. The van der Waals surface area contributed by atoms with Gasteiger partial charge in [0.05, 0.1) is 11.1 Å². The second-order valence-electron chi connectivity index (χ2n) is 10.4. The van der Waals surface area contributed by atoms with E-state index in [-0.39, 0.29) is 12.5 Å². The molecule has 0 aliphatic heterocycles. The van der Waals surface area contributed by atoms with Crippen molar-refractivity contribution in [3.8, 4) is 11.1 Å². The Labute approximate surface area is 228 Å². The van der Waals surface area contributed by atoms with Crippen LogP contribution >= 0.6 is 0 Å². The SMILES string of the molecule is CC(C)(C)OC(=O)c1cccc(C(F)(F)F)c1C[C@H](NC(=O)OCC1c2ccccc2-c2ccccc21)C(=O)O. The lowest BCUT2D eigenvalue weighted by Crippen LogP contribution is -2.43. The van der Waals surface area contributed by atoms with E-state index in [4.69, 9.17) is 9.47 Å². The molecule has 210 valence electrons. The molecule has 7 nitrogen and oxygen atoms in total. The predicted molar refractivity (Wildman–Crippen MR) is 140 cm³/mol. The fourth-order valence-electron chi connectivity index (χ4n) is 4.78. The van der Waals surface area contributed by atoms with Crippen LogP contribution in [0.3, 0.4) is 0 Å². The minimum atomic E-state index is -4.89. The Balaban J connectivity index is 1.55. The Kier molecular flexibility index (Phi) is 7.91. The fourth-order valence-corrected chi connectivity index (χ4v) is 4.78. The zero-order valence-corrected chi connectivity index (χ0v) is 22.0. The summed E-state index contributed by atoms with van der Waals surface area (Å²) >= 11 is 0. The van der Waals surface area contributed by atoms with Crippen LogP contribution in [0.2, 0.25) is 0 Å². The highest BCUT2D eigenvalue weighted by Gasteiger charge is 2.38. The van der Waals surface area contributed by atoms with Gasteiger partial charge in [-0.15, -0.1) is 0 Å². The van der Waals surface area contributed by atoms with Gasteiger partial charge in [-0.2, -0.15) is 13.2 Å². The molecule has 1 aliphatic carbocycles. The molecule has 0 heterocycles. The summed E-state index contributed by atoms with van der Waals surface area (Å²) in [6.07, 6.45) is -6.83. The number of carboxylic acids is 1. The number of nitrogens with one attached hydrogen (secondary N) is 1. The van der Waals surface area contributed by atoms with Crippen LogP contribution in [0.5, 0.6) is 0 Å². The van der Waals surface area contributed by atoms with E-state index < -0.39 is 59.0 Å². The van der Waals surface area contributed by atoms with Crippen LogP contribution < -0.4 is 5.32 Å². The number of rotatable bonds is 7. The molecule has 10 heteroatoms. The number of esters is 1. The zero-order valence-electron chi connectivity index (χ0n) is 22.0. The third kappa shape index (κ3) is 6.27. The number of carbonyl (C=O) groups excluding carboxylic acids is 2. The van der Waals surface area contributed by atoms with Gasteiger partial charge in [0.2, 0.25) is 0 Å². The molecule has 1 atom stereocenters. The average molecular weight is 556 g/mol. The normalized spacial score (nSPS) is 13.7. The van der Waals surface area contributed by atoms with Crippen molar-refractivity contribution < 1.29 is 42.1 Å². The Morgan fingerprint density at radius 3 is 2.00 bits per heavy atom. The molecule has 0 unspecified atom stereocenters. The number of alkyl carbamates (subject to hydrolysis) is 1. The van der Waals surface area contributed by atoms with Gasteiger partial charge in [-0.25, -0.2) is 14.4 Å². The smallest absolute Gasteiger partial charge is 0.416 e. The number of ether oxygens (including phenoxy) is 2. The lowest BCUT2D eigenvalue weighted by molar-refractivity contribution is -0.141. The minimum absolute atomic E-state index is 0.117. The Bertz CT molecular complexity index is 1400. The number of carbonyl (C=O) groups is 3. The van der Waals surface area contributed by atoms with Gasteiger partial charge >= 0.3 is 24.2 Å². The molecule has 2 N–H and O–H groups in total. The molecule has 0 spiro atoms. The number of alkyl halides is 3. The number of amides is 1. The summed E-state index contributed by atoms with van der Waals surface area (Å²) < 4.78 is 52.2. The first kappa shape index (κ1) is 28.7. The van der Waals surface area contributed by atoms with Crippen molar-refractivity contribution in [3.05, 3.63) is 94.5 Å². The van der Waals surface area contributed by atoms with Gasteiger partial charge in [0.25, 0.3) is 0 Å². The molecule has 40 heavy (non-hydrogen) atoms. The Hall–Kier alpha value is -4.34. The largest absolute Gasteiger partial charge is 0.480 e. The predicted octanol–water partition coefficient (Wildman–Crippen LogP) is 6.20. The van der Waals surface area contributed by atoms with Crippen LogP contribution in [-0.4, -0.2) is 41.4 Å². The minimum Gasteiger partial charge on any atom is -0.480 e. The molecule has 4 rings (SSSR count). The highest BCUT2D eigenvalue weighted by molar-refractivity contribution is 5.92. The highest BCUT2D eigenvalue weighted by Crippen LogP contribution is 2.44. The second kappa shape index (κ2) is 11.0. The first-order valence-electron chi connectivity index (χ1n) is 12.5. The average Bonchev–Trinajstić information content (AvgIpc) is 3.19. The quantitative estimate of drug-likeness (QED) is 0.337. The molecule has 0 saturated heterocycles. The first-order valence-corrected chi connectivity index (χ1v) is 12.5. The van der Waals surface area contributed by atoms with Crippen molar-refractivity contribution in [1.29, 1.82) is 0 Å². The molecule has 0 bridgehead atoms. The maximum atomic E-state index is 13.9. The molecule has 0 aromatic heterocycles. The van der Waals surface area contributed by atoms with Gasteiger partial charge in [0, 0.05) is 12.3 Å². The molecule has 1 amide bonds. The maximum Gasteiger partial charge on any atom is 0.416 e. The number of halogens is 3. The van der Waals surface area contributed by atoms with E-state index in [9.17, 15) is 32.7 Å². The highest BCUT2D eigenvalue weighted by atomic mass is 19.4. The molecular formula is C30H28F3NO6. The summed E-state index contributed by atoms with van der Waals surface area (Å²) in [5, 5.41) is 11.9. The molecule has 0 saturated carbocycles. The van der Waals surface area contributed by atoms with Gasteiger partial charge < -0.3 is 19.9 Å². The van der Waals surface area contributed by atoms with Crippen LogP contribution in [0.1, 0.15) is 59.3 Å². The summed E-state index contributed by atoms with van der Waals surface area (Å²) in [6.45, 7) is 4.54. The van der Waals surface area contributed by atoms with E-state index in [1.807, 2.05) is 48.5 Å². The molecule has 1 aliphatic rings. The third-order valence-corrected chi connectivity index (χ3v) is 6.44. The fraction of sp³-hybridized carbons (Fsp3) is 0.300. The molecular weight excluding hydrogens is 527 g/mol. The van der Waals surface area contributed by atoms with E-state index in [0.717, 1.165) is 40.5 Å². The number of benzene rings is 3. The summed E-state index contributed by atoms with van der Waals surface area (Å²) in [6, 6.07) is 16.3. The summed E-state index contributed by atoms with van der Waals surface area (Å²) in [7, 11) is 0. The van der Waals surface area contributed by atoms with Crippen molar-refractivity contribution in [2.24, 2.45) is 0 Å². The van der Waals surface area contributed by atoms with Crippen molar-refractivity contribution in [2.45, 2.75) is 50.9 Å². The van der Waals surface area contributed by atoms with Gasteiger partial charge in [0.1, 0.15) is 18.2 Å². The lowest BCUT2D eigenvalue weighted by atomic mass is 9.94. The van der Waals surface area contributed by atoms with Crippen molar-refractivity contribution in [1.82, 2.24) is 5.32 Å². The number of hydrogen-bond donors (Lipinski definition) is 2. The van der Waals surface area contributed by atoms with Crippen LogP contribution in [0.4, 0.5) is 18.0 Å². The van der Waals surface area contributed by atoms with Crippen molar-refractivity contribution in [3.63, 3.8) is 0 Å². The van der Waals surface area contributed by atoms with Crippen LogP contribution in [0, 0.1) is 0 Å².